The summed E-state index contributed by atoms with van der Waals surface area (Å²) < 4.78 is 68.3. The van der Waals surface area contributed by atoms with E-state index in [0.29, 0.717) is 23.8 Å². The van der Waals surface area contributed by atoms with Crippen LogP contribution in [0.2, 0.25) is 0 Å². The number of sulfonamides is 2. The molecule has 0 radical (unpaired) electrons. The number of carbonyl (C=O) groups is 1. The summed E-state index contributed by atoms with van der Waals surface area (Å²) in [6, 6.07) is 23.6. The van der Waals surface area contributed by atoms with Crippen molar-refractivity contribution < 1.29 is 31.1 Å². The van der Waals surface area contributed by atoms with Gasteiger partial charge in [0.25, 0.3) is 20.0 Å². The highest BCUT2D eigenvalue weighted by molar-refractivity contribution is 7.98. The van der Waals surface area contributed by atoms with E-state index in [2.05, 4.69) is 10.0 Å². The Morgan fingerprint density at radius 2 is 1.52 bits per heavy atom. The minimum Gasteiger partial charge on any atom is -0.495 e. The lowest BCUT2D eigenvalue weighted by molar-refractivity contribution is -0.114. The summed E-state index contributed by atoms with van der Waals surface area (Å²) in [5.74, 6) is 0.0342. The number of carbonyl (C=O) groups excluding carboxylic acids is 1. The maximum absolute atomic E-state index is 13.8. The average Bonchev–Trinajstić information content (AvgIpc) is 3.00. The molecule has 4 aromatic carbocycles. The summed E-state index contributed by atoms with van der Waals surface area (Å²) in [6.45, 7) is 3.34. The normalized spacial score (nSPS) is 11.5. The second-order valence-corrected chi connectivity index (χ2v) is 13.9. The van der Waals surface area contributed by atoms with Crippen molar-refractivity contribution in [2.24, 2.45) is 0 Å². The molecule has 10 nitrogen and oxygen atoms in total. The number of nitrogens with zero attached hydrogens (tertiary/aromatic N) is 1. The Morgan fingerprint density at radius 3 is 2.16 bits per heavy atom. The third-order valence-corrected chi connectivity index (χ3v) is 10.3. The number of aryl methyl sites for hydroxylation is 1. The molecule has 0 heterocycles. The molecule has 0 aliphatic heterocycles. The lowest BCUT2D eigenvalue weighted by Gasteiger charge is -2.26. The van der Waals surface area contributed by atoms with E-state index in [1.165, 1.54) is 55.3 Å². The van der Waals surface area contributed by atoms with Crippen LogP contribution in [0.3, 0.4) is 0 Å². The maximum Gasteiger partial charge on any atom is 0.264 e. The number of nitrogens with one attached hydrogen (secondary N) is 2. The number of hydrogen-bond acceptors (Lipinski definition) is 8. The summed E-state index contributed by atoms with van der Waals surface area (Å²) in [4.78, 5) is 14.1. The highest BCUT2D eigenvalue weighted by Gasteiger charge is 2.29. The quantitative estimate of drug-likeness (QED) is 0.174. The molecule has 0 aliphatic carbocycles. The molecule has 0 bridgehead atoms. The highest BCUT2D eigenvalue weighted by Crippen LogP contribution is 2.33. The van der Waals surface area contributed by atoms with Crippen LogP contribution in [0, 0.1) is 6.92 Å². The largest absolute Gasteiger partial charge is 0.495 e. The SMILES string of the molecule is CCOc1ccccc1N(CC(=O)Nc1ccc(S(=O)(=O)Nc2cc(C)ccc2OC)cc1)S(=O)(=O)c1ccc(SC)cc1. The van der Waals surface area contributed by atoms with E-state index in [-0.39, 0.29) is 21.2 Å². The van der Waals surface area contributed by atoms with Crippen LogP contribution in [0.25, 0.3) is 0 Å². The van der Waals surface area contributed by atoms with Gasteiger partial charge in [-0.3, -0.25) is 13.8 Å². The minimum atomic E-state index is -4.19. The van der Waals surface area contributed by atoms with E-state index in [0.717, 1.165) is 14.8 Å². The zero-order chi connectivity index (χ0) is 31.9. The molecule has 4 rings (SSSR count). The van der Waals surface area contributed by atoms with Gasteiger partial charge in [0.05, 0.1) is 34.9 Å². The Morgan fingerprint density at radius 1 is 0.864 bits per heavy atom. The van der Waals surface area contributed by atoms with Gasteiger partial charge in [-0.1, -0.05) is 18.2 Å². The van der Waals surface area contributed by atoms with Crippen LogP contribution in [0.1, 0.15) is 12.5 Å². The Kier molecular flexibility index (Phi) is 10.4. The molecule has 4 aromatic rings. The van der Waals surface area contributed by atoms with Crippen molar-refractivity contribution >= 4 is 54.8 Å². The van der Waals surface area contributed by atoms with Gasteiger partial charge in [-0.15, -0.1) is 11.8 Å². The van der Waals surface area contributed by atoms with Crippen molar-refractivity contribution in [1.82, 2.24) is 0 Å². The molecule has 0 fully saturated rings. The summed E-state index contributed by atoms with van der Waals surface area (Å²) >= 11 is 1.48. The van der Waals surface area contributed by atoms with E-state index in [1.54, 1.807) is 61.5 Å². The van der Waals surface area contributed by atoms with Crippen LogP contribution in [-0.2, 0) is 24.8 Å². The van der Waals surface area contributed by atoms with Gasteiger partial charge in [0.1, 0.15) is 18.0 Å². The molecular weight excluding hydrogens is 623 g/mol. The third kappa shape index (κ3) is 7.65. The van der Waals surface area contributed by atoms with E-state index < -0.39 is 32.5 Å². The molecule has 232 valence electrons. The van der Waals surface area contributed by atoms with Gasteiger partial charge >= 0.3 is 0 Å². The Labute approximate surface area is 262 Å². The van der Waals surface area contributed by atoms with Crippen molar-refractivity contribution in [3.8, 4) is 11.5 Å². The highest BCUT2D eigenvalue weighted by atomic mass is 32.2. The Bertz CT molecular complexity index is 1830. The molecule has 44 heavy (non-hydrogen) atoms. The first-order chi connectivity index (χ1) is 21.0. The molecule has 0 saturated carbocycles. The molecule has 0 unspecified atom stereocenters. The van der Waals surface area contributed by atoms with Crippen LogP contribution in [0.15, 0.2) is 106 Å². The number of hydrogen-bond donors (Lipinski definition) is 2. The van der Waals surface area contributed by atoms with E-state index in [1.807, 2.05) is 13.2 Å². The molecule has 0 spiro atoms. The predicted molar refractivity (Wildman–Crippen MR) is 174 cm³/mol. The standard InChI is InChI=1S/C31H33N3O7S3/c1-5-41-30-9-7-6-8-28(30)34(44(38,39)26-17-13-24(42-4)14-18-26)21-31(35)32-23-11-15-25(16-12-23)43(36,37)33-27-20-22(2)10-19-29(27)40-3/h6-20,33H,5,21H2,1-4H3,(H,32,35). The van der Waals surface area contributed by atoms with Gasteiger partial charge in [0, 0.05) is 10.6 Å². The number of thioether (sulfide) groups is 1. The topological polar surface area (TPSA) is 131 Å². The van der Waals surface area contributed by atoms with Crippen LogP contribution < -0.4 is 23.8 Å². The van der Waals surface area contributed by atoms with Gasteiger partial charge in [0.2, 0.25) is 5.91 Å². The zero-order valence-electron chi connectivity index (χ0n) is 24.6. The Hall–Kier alpha value is -4.20. The molecular formula is C31H33N3O7S3. The van der Waals surface area contributed by atoms with Crippen LogP contribution >= 0.6 is 11.8 Å². The summed E-state index contributed by atoms with van der Waals surface area (Å²) in [7, 11) is -6.71. The molecule has 2 N–H and O–H groups in total. The van der Waals surface area contributed by atoms with Gasteiger partial charge in [-0.25, -0.2) is 16.8 Å². The first kappa shape index (κ1) is 32.7. The van der Waals surface area contributed by atoms with Crippen molar-refractivity contribution in [3.05, 3.63) is 96.6 Å². The minimum absolute atomic E-state index is 0.0155. The summed E-state index contributed by atoms with van der Waals surface area (Å²) in [6.07, 6.45) is 1.89. The van der Waals surface area contributed by atoms with Crippen molar-refractivity contribution in [2.75, 3.05) is 40.9 Å². The molecule has 0 aromatic heterocycles. The molecule has 1 amide bonds. The first-order valence-corrected chi connectivity index (χ1v) is 17.6. The number of para-hydroxylation sites is 2. The smallest absolute Gasteiger partial charge is 0.264 e. The Balaban J connectivity index is 1.57. The average molecular weight is 656 g/mol. The number of anilines is 3. The molecule has 0 atom stereocenters. The third-order valence-electron chi connectivity index (χ3n) is 6.42. The summed E-state index contributed by atoms with van der Waals surface area (Å²) in [5.41, 5.74) is 1.62. The number of amides is 1. The van der Waals surface area contributed by atoms with Crippen molar-refractivity contribution in [1.29, 1.82) is 0 Å². The van der Waals surface area contributed by atoms with Gasteiger partial charge in [-0.05, 0) is 98.5 Å². The maximum atomic E-state index is 13.8. The van der Waals surface area contributed by atoms with E-state index in [4.69, 9.17) is 9.47 Å². The van der Waals surface area contributed by atoms with E-state index in [9.17, 15) is 21.6 Å². The molecule has 0 saturated heterocycles. The summed E-state index contributed by atoms with van der Waals surface area (Å²) in [5, 5.41) is 2.67. The van der Waals surface area contributed by atoms with Gasteiger partial charge in [0.15, 0.2) is 0 Å². The number of ether oxygens (including phenoxy) is 2. The van der Waals surface area contributed by atoms with Gasteiger partial charge < -0.3 is 14.8 Å². The lowest BCUT2D eigenvalue weighted by atomic mass is 10.2. The fraction of sp³-hybridized carbons (Fsp3) is 0.194. The van der Waals surface area contributed by atoms with Crippen LogP contribution in [-0.4, -0.2) is 49.3 Å². The second kappa shape index (κ2) is 14.1. The van der Waals surface area contributed by atoms with Gasteiger partial charge in [-0.2, -0.15) is 0 Å². The number of rotatable bonds is 13. The number of methoxy groups -OCH3 is 1. The van der Waals surface area contributed by atoms with Crippen molar-refractivity contribution in [3.63, 3.8) is 0 Å². The molecule has 0 aliphatic rings. The predicted octanol–water partition coefficient (Wildman–Crippen LogP) is 5.76. The first-order valence-electron chi connectivity index (χ1n) is 13.4. The fourth-order valence-electron chi connectivity index (χ4n) is 4.27. The second-order valence-electron chi connectivity index (χ2n) is 9.47. The monoisotopic (exact) mass is 655 g/mol. The molecule has 13 heteroatoms. The van der Waals surface area contributed by atoms with Crippen LogP contribution in [0.5, 0.6) is 11.5 Å². The zero-order valence-corrected chi connectivity index (χ0v) is 27.1. The van der Waals surface area contributed by atoms with Crippen LogP contribution in [0.4, 0.5) is 17.1 Å². The lowest BCUT2D eigenvalue weighted by Crippen LogP contribution is -2.38. The fourth-order valence-corrected chi connectivity index (χ4v) is 7.17. The number of benzene rings is 4. The van der Waals surface area contributed by atoms with E-state index >= 15 is 0 Å². The van der Waals surface area contributed by atoms with Crippen molar-refractivity contribution in [2.45, 2.75) is 28.5 Å².